The highest BCUT2D eigenvalue weighted by molar-refractivity contribution is 6.10. The van der Waals surface area contributed by atoms with Crippen LogP contribution in [0.4, 0.5) is 0 Å². The van der Waals surface area contributed by atoms with Crippen LogP contribution in [0.25, 0.3) is 0 Å². The lowest BCUT2D eigenvalue weighted by Crippen LogP contribution is -2.09. The molecule has 2 rings (SSSR count). The first-order chi connectivity index (χ1) is 10.1. The van der Waals surface area contributed by atoms with Crippen LogP contribution < -0.4 is 9.47 Å². The van der Waals surface area contributed by atoms with Crippen molar-refractivity contribution in [1.82, 2.24) is 4.98 Å². The summed E-state index contributed by atoms with van der Waals surface area (Å²) in [5.74, 6) is 1.05. The van der Waals surface area contributed by atoms with Crippen LogP contribution in [0.1, 0.15) is 36.7 Å². The van der Waals surface area contributed by atoms with Gasteiger partial charge in [0.05, 0.1) is 24.5 Å². The summed E-state index contributed by atoms with van der Waals surface area (Å²) in [5, 5.41) is 0. The van der Waals surface area contributed by atoms with E-state index in [0.717, 1.165) is 0 Å². The SMILES string of the molecule is CCOc1ccccc1C(=O)c1cncc(OC(C)C)c1. The van der Waals surface area contributed by atoms with Crippen molar-refractivity contribution < 1.29 is 14.3 Å². The largest absolute Gasteiger partial charge is 0.493 e. The molecule has 0 aliphatic rings. The molecule has 2 aromatic rings. The molecule has 21 heavy (non-hydrogen) atoms. The molecule has 1 heterocycles. The average Bonchev–Trinajstić information content (AvgIpc) is 2.47. The molecule has 0 fully saturated rings. The molecule has 1 aromatic heterocycles. The first-order valence-corrected chi connectivity index (χ1v) is 7.00. The Morgan fingerprint density at radius 1 is 1.24 bits per heavy atom. The molecule has 0 saturated heterocycles. The van der Waals surface area contributed by atoms with E-state index < -0.39 is 0 Å². The maximum absolute atomic E-state index is 12.6. The molecule has 0 N–H and O–H groups in total. The number of para-hydroxylation sites is 1. The van der Waals surface area contributed by atoms with Crippen molar-refractivity contribution in [2.45, 2.75) is 26.9 Å². The van der Waals surface area contributed by atoms with E-state index in [1.165, 1.54) is 6.20 Å². The van der Waals surface area contributed by atoms with Crippen molar-refractivity contribution in [3.8, 4) is 11.5 Å². The quantitative estimate of drug-likeness (QED) is 0.762. The van der Waals surface area contributed by atoms with E-state index in [-0.39, 0.29) is 11.9 Å². The number of rotatable bonds is 6. The van der Waals surface area contributed by atoms with E-state index in [2.05, 4.69) is 4.98 Å². The summed E-state index contributed by atoms with van der Waals surface area (Å²) >= 11 is 0. The number of carbonyl (C=O) groups excluding carboxylic acids is 1. The summed E-state index contributed by atoms with van der Waals surface area (Å²) in [6.07, 6.45) is 3.18. The smallest absolute Gasteiger partial charge is 0.198 e. The molecule has 0 spiro atoms. The minimum absolute atomic E-state index is 0.0351. The molecule has 0 saturated carbocycles. The normalized spacial score (nSPS) is 10.5. The van der Waals surface area contributed by atoms with Gasteiger partial charge in [-0.1, -0.05) is 12.1 Å². The third kappa shape index (κ3) is 3.81. The van der Waals surface area contributed by atoms with E-state index in [1.807, 2.05) is 32.9 Å². The minimum atomic E-state index is -0.124. The highest BCUT2D eigenvalue weighted by atomic mass is 16.5. The van der Waals surface area contributed by atoms with Gasteiger partial charge in [0.1, 0.15) is 11.5 Å². The van der Waals surface area contributed by atoms with Crippen molar-refractivity contribution >= 4 is 5.78 Å². The zero-order valence-corrected chi connectivity index (χ0v) is 12.5. The van der Waals surface area contributed by atoms with Gasteiger partial charge < -0.3 is 9.47 Å². The van der Waals surface area contributed by atoms with Crippen LogP contribution in [-0.2, 0) is 0 Å². The molecular formula is C17H19NO3. The maximum atomic E-state index is 12.6. The number of hydrogen-bond donors (Lipinski definition) is 0. The van der Waals surface area contributed by atoms with Crippen molar-refractivity contribution in [3.05, 3.63) is 53.9 Å². The lowest BCUT2D eigenvalue weighted by atomic mass is 10.0. The van der Waals surface area contributed by atoms with Gasteiger partial charge in [0.15, 0.2) is 5.78 Å². The number of nitrogens with zero attached hydrogens (tertiary/aromatic N) is 1. The third-order valence-corrected chi connectivity index (χ3v) is 2.78. The van der Waals surface area contributed by atoms with Crippen molar-refractivity contribution in [2.24, 2.45) is 0 Å². The molecule has 0 aliphatic heterocycles. The Labute approximate surface area is 124 Å². The Morgan fingerprint density at radius 2 is 2.00 bits per heavy atom. The molecular weight excluding hydrogens is 266 g/mol. The fourth-order valence-corrected chi connectivity index (χ4v) is 1.97. The maximum Gasteiger partial charge on any atom is 0.198 e. The van der Waals surface area contributed by atoms with E-state index >= 15 is 0 Å². The van der Waals surface area contributed by atoms with Gasteiger partial charge in [-0.2, -0.15) is 0 Å². The Bertz CT molecular complexity index is 623. The van der Waals surface area contributed by atoms with Gasteiger partial charge >= 0.3 is 0 Å². The van der Waals surface area contributed by atoms with Gasteiger partial charge in [0, 0.05) is 11.8 Å². The number of hydrogen-bond acceptors (Lipinski definition) is 4. The number of aromatic nitrogens is 1. The fraction of sp³-hybridized carbons (Fsp3) is 0.294. The predicted octanol–water partition coefficient (Wildman–Crippen LogP) is 3.50. The Morgan fingerprint density at radius 3 is 2.71 bits per heavy atom. The van der Waals surface area contributed by atoms with Crippen molar-refractivity contribution in [2.75, 3.05) is 6.61 Å². The molecule has 4 heteroatoms. The van der Waals surface area contributed by atoms with Crippen LogP contribution >= 0.6 is 0 Å². The molecule has 1 aromatic carbocycles. The first kappa shape index (κ1) is 15.0. The highest BCUT2D eigenvalue weighted by Crippen LogP contribution is 2.23. The fourth-order valence-electron chi connectivity index (χ4n) is 1.97. The molecule has 0 atom stereocenters. The van der Waals surface area contributed by atoms with Gasteiger partial charge in [-0.15, -0.1) is 0 Å². The number of carbonyl (C=O) groups is 1. The van der Waals surface area contributed by atoms with Crippen LogP contribution in [0.5, 0.6) is 11.5 Å². The van der Waals surface area contributed by atoms with Gasteiger partial charge in [0.25, 0.3) is 0 Å². The summed E-state index contributed by atoms with van der Waals surface area (Å²) in [4.78, 5) is 16.7. The highest BCUT2D eigenvalue weighted by Gasteiger charge is 2.15. The van der Waals surface area contributed by atoms with E-state index in [0.29, 0.717) is 29.2 Å². The predicted molar refractivity (Wildman–Crippen MR) is 81.0 cm³/mol. The summed E-state index contributed by atoms with van der Waals surface area (Å²) in [7, 11) is 0. The molecule has 0 unspecified atom stereocenters. The number of ketones is 1. The summed E-state index contributed by atoms with van der Waals surface area (Å²) in [5.41, 5.74) is 1.02. The zero-order chi connectivity index (χ0) is 15.2. The van der Waals surface area contributed by atoms with Gasteiger partial charge in [-0.25, -0.2) is 0 Å². The monoisotopic (exact) mass is 285 g/mol. The van der Waals surface area contributed by atoms with Gasteiger partial charge in [-0.05, 0) is 39.0 Å². The van der Waals surface area contributed by atoms with Gasteiger partial charge in [-0.3, -0.25) is 9.78 Å². The Kier molecular flexibility index (Phi) is 4.93. The summed E-state index contributed by atoms with van der Waals surface area (Å²) in [6, 6.07) is 8.91. The number of ether oxygens (including phenoxy) is 2. The van der Waals surface area contributed by atoms with Crippen LogP contribution in [-0.4, -0.2) is 23.5 Å². The third-order valence-electron chi connectivity index (χ3n) is 2.78. The molecule has 0 amide bonds. The van der Waals surface area contributed by atoms with E-state index in [4.69, 9.17) is 9.47 Å². The Hall–Kier alpha value is -2.36. The second-order valence-electron chi connectivity index (χ2n) is 4.83. The van der Waals surface area contributed by atoms with Crippen LogP contribution in [0.15, 0.2) is 42.7 Å². The average molecular weight is 285 g/mol. The summed E-state index contributed by atoms with van der Waals surface area (Å²) in [6.45, 7) is 6.26. The second kappa shape index (κ2) is 6.88. The number of benzene rings is 1. The topological polar surface area (TPSA) is 48.4 Å². The zero-order valence-electron chi connectivity index (χ0n) is 12.5. The second-order valence-corrected chi connectivity index (χ2v) is 4.83. The standard InChI is InChI=1S/C17H19NO3/c1-4-20-16-8-6-5-7-15(16)17(19)13-9-14(11-18-10-13)21-12(2)3/h5-12H,4H2,1-3H3. The first-order valence-electron chi connectivity index (χ1n) is 7.00. The van der Waals surface area contributed by atoms with Crippen molar-refractivity contribution in [1.29, 1.82) is 0 Å². The molecule has 0 radical (unpaired) electrons. The van der Waals surface area contributed by atoms with Crippen LogP contribution in [0, 0.1) is 0 Å². The minimum Gasteiger partial charge on any atom is -0.493 e. The van der Waals surface area contributed by atoms with Crippen LogP contribution in [0.2, 0.25) is 0 Å². The van der Waals surface area contributed by atoms with Crippen molar-refractivity contribution in [3.63, 3.8) is 0 Å². The van der Waals surface area contributed by atoms with Crippen LogP contribution in [0.3, 0.4) is 0 Å². The van der Waals surface area contributed by atoms with E-state index in [1.54, 1.807) is 24.4 Å². The molecule has 0 aliphatic carbocycles. The number of pyridine rings is 1. The van der Waals surface area contributed by atoms with Gasteiger partial charge in [0.2, 0.25) is 0 Å². The lowest BCUT2D eigenvalue weighted by Gasteiger charge is -2.11. The molecule has 0 bridgehead atoms. The summed E-state index contributed by atoms with van der Waals surface area (Å²) < 4.78 is 11.1. The van der Waals surface area contributed by atoms with E-state index in [9.17, 15) is 4.79 Å². The Balaban J connectivity index is 2.32. The molecule has 4 nitrogen and oxygen atoms in total. The lowest BCUT2D eigenvalue weighted by molar-refractivity contribution is 0.103. The molecule has 110 valence electrons.